The second-order valence-corrected chi connectivity index (χ2v) is 8.16. The first-order valence-corrected chi connectivity index (χ1v) is 10.1. The lowest BCUT2D eigenvalue weighted by molar-refractivity contribution is -0.0231. The van der Waals surface area contributed by atoms with Gasteiger partial charge in [-0.25, -0.2) is 4.39 Å². The number of ether oxygens (including phenoxy) is 2. The number of likely N-dealkylation sites (tertiary alicyclic amines) is 1. The van der Waals surface area contributed by atoms with Crippen LogP contribution in [-0.2, 0) is 0 Å². The summed E-state index contributed by atoms with van der Waals surface area (Å²) in [6.45, 7) is 1.08. The highest BCUT2D eigenvalue weighted by Crippen LogP contribution is 2.39. The third-order valence-electron chi connectivity index (χ3n) is 5.85. The molecule has 1 amide bonds. The van der Waals surface area contributed by atoms with Gasteiger partial charge in [-0.05, 0) is 61.1 Å². The van der Waals surface area contributed by atoms with Gasteiger partial charge in [-0.3, -0.25) is 4.79 Å². The molecule has 2 aromatic carbocycles. The number of nitrogens with zero attached hydrogens (tertiary/aromatic N) is 1. The summed E-state index contributed by atoms with van der Waals surface area (Å²) in [7, 11) is 1.46. The van der Waals surface area contributed by atoms with E-state index in [9.17, 15) is 14.3 Å². The molecule has 154 valence electrons. The van der Waals surface area contributed by atoms with Gasteiger partial charge in [0.05, 0.1) is 18.8 Å². The van der Waals surface area contributed by atoms with E-state index in [1.165, 1.54) is 25.3 Å². The largest absolute Gasteiger partial charge is 0.496 e. The summed E-state index contributed by atoms with van der Waals surface area (Å²) >= 11 is 6.01. The molecule has 2 aromatic rings. The number of carbonyl (C=O) groups excluding carboxylic acids is 1. The Kier molecular flexibility index (Phi) is 5.65. The Balaban J connectivity index is 1.46. The van der Waals surface area contributed by atoms with E-state index in [1.807, 2.05) is 6.07 Å². The number of hydrogen-bond acceptors (Lipinski definition) is 4. The number of fused-ring (bicyclic) bond motifs is 1. The van der Waals surface area contributed by atoms with Crippen molar-refractivity contribution in [3.63, 3.8) is 0 Å². The van der Waals surface area contributed by atoms with Crippen molar-refractivity contribution >= 4 is 17.5 Å². The minimum Gasteiger partial charge on any atom is -0.496 e. The SMILES string of the molecule is COc1ccc(F)cc1C(=O)N1C[C@H]2C[C@@H](Oc3cccc(Cl)c3)[C@H](O)C[C@H]2C1. The van der Waals surface area contributed by atoms with Crippen LogP contribution in [0.1, 0.15) is 23.2 Å². The molecule has 1 saturated carbocycles. The van der Waals surface area contributed by atoms with Crippen molar-refractivity contribution in [2.45, 2.75) is 25.0 Å². The molecule has 1 saturated heterocycles. The Labute approximate surface area is 174 Å². The van der Waals surface area contributed by atoms with E-state index in [4.69, 9.17) is 21.1 Å². The smallest absolute Gasteiger partial charge is 0.257 e. The molecular weight excluding hydrogens is 397 g/mol. The average Bonchev–Trinajstić information content (AvgIpc) is 3.10. The zero-order valence-electron chi connectivity index (χ0n) is 16.1. The molecule has 0 spiro atoms. The van der Waals surface area contributed by atoms with E-state index in [-0.39, 0.29) is 29.4 Å². The quantitative estimate of drug-likeness (QED) is 0.819. The van der Waals surface area contributed by atoms with Crippen molar-refractivity contribution < 1.29 is 23.8 Å². The molecule has 5 nitrogen and oxygen atoms in total. The van der Waals surface area contributed by atoms with Crippen LogP contribution in [0, 0.1) is 17.7 Å². The van der Waals surface area contributed by atoms with Crippen molar-refractivity contribution in [1.29, 1.82) is 0 Å². The van der Waals surface area contributed by atoms with Gasteiger partial charge in [0.15, 0.2) is 0 Å². The van der Waals surface area contributed by atoms with Crippen LogP contribution in [0.3, 0.4) is 0 Å². The highest BCUT2D eigenvalue weighted by Gasteiger charge is 2.44. The Bertz CT molecular complexity index is 908. The number of methoxy groups -OCH3 is 1. The van der Waals surface area contributed by atoms with Gasteiger partial charge in [0.1, 0.15) is 23.4 Å². The van der Waals surface area contributed by atoms with E-state index >= 15 is 0 Å². The molecule has 2 fully saturated rings. The van der Waals surface area contributed by atoms with Gasteiger partial charge in [0.2, 0.25) is 0 Å². The third-order valence-corrected chi connectivity index (χ3v) is 6.08. The number of aliphatic hydroxyl groups excluding tert-OH is 1. The molecule has 0 unspecified atom stereocenters. The maximum absolute atomic E-state index is 13.7. The van der Waals surface area contributed by atoms with Crippen LogP contribution in [-0.4, -0.2) is 48.3 Å². The molecule has 1 heterocycles. The topological polar surface area (TPSA) is 59.0 Å². The van der Waals surface area contributed by atoms with Gasteiger partial charge in [0, 0.05) is 18.1 Å². The molecule has 0 bridgehead atoms. The van der Waals surface area contributed by atoms with E-state index in [1.54, 1.807) is 23.1 Å². The van der Waals surface area contributed by atoms with Crippen LogP contribution < -0.4 is 9.47 Å². The standard InChI is InChI=1S/C22H23ClFNO4/c1-28-20-6-5-16(24)10-18(20)22(27)25-11-13-7-19(26)21(8-14(13)12-25)29-17-4-2-3-15(23)9-17/h2-6,9-10,13-14,19,21,26H,7-8,11-12H2,1H3/t13-,14+,19+,21+/m0/s1. The summed E-state index contributed by atoms with van der Waals surface area (Å²) in [5, 5.41) is 11.2. The zero-order chi connectivity index (χ0) is 20.5. The molecule has 1 N–H and O–H groups in total. The highest BCUT2D eigenvalue weighted by atomic mass is 35.5. The van der Waals surface area contributed by atoms with Crippen molar-refractivity contribution in [3.8, 4) is 11.5 Å². The van der Waals surface area contributed by atoms with Gasteiger partial charge in [-0.15, -0.1) is 0 Å². The first kappa shape index (κ1) is 20.0. The van der Waals surface area contributed by atoms with Crippen LogP contribution in [0.15, 0.2) is 42.5 Å². The lowest BCUT2D eigenvalue weighted by atomic mass is 9.78. The summed E-state index contributed by atoms with van der Waals surface area (Å²) in [6.07, 6.45) is 0.227. The Morgan fingerprint density at radius 3 is 2.66 bits per heavy atom. The summed E-state index contributed by atoms with van der Waals surface area (Å²) in [4.78, 5) is 14.7. The summed E-state index contributed by atoms with van der Waals surface area (Å²) in [6, 6.07) is 11.0. The third kappa shape index (κ3) is 4.19. The number of halogens is 2. The molecule has 1 aliphatic heterocycles. The second-order valence-electron chi connectivity index (χ2n) is 7.73. The first-order chi connectivity index (χ1) is 13.9. The second kappa shape index (κ2) is 8.20. The zero-order valence-corrected chi connectivity index (χ0v) is 16.8. The van der Waals surface area contributed by atoms with Crippen LogP contribution >= 0.6 is 11.6 Å². The lowest BCUT2D eigenvalue weighted by Gasteiger charge is -2.35. The van der Waals surface area contributed by atoms with E-state index in [2.05, 4.69) is 0 Å². The monoisotopic (exact) mass is 419 g/mol. The van der Waals surface area contributed by atoms with Gasteiger partial charge >= 0.3 is 0 Å². The number of amides is 1. The van der Waals surface area contributed by atoms with E-state index in [0.717, 1.165) is 0 Å². The molecule has 29 heavy (non-hydrogen) atoms. The maximum Gasteiger partial charge on any atom is 0.257 e. The fraction of sp³-hybridized carbons (Fsp3) is 0.409. The molecule has 4 atom stereocenters. The summed E-state index contributed by atoms with van der Waals surface area (Å²) in [5.74, 6) is 0.649. The summed E-state index contributed by atoms with van der Waals surface area (Å²) < 4.78 is 24.9. The predicted molar refractivity (Wildman–Crippen MR) is 107 cm³/mol. The van der Waals surface area contributed by atoms with Crippen molar-refractivity contribution in [3.05, 3.63) is 58.9 Å². The molecule has 1 aliphatic carbocycles. The van der Waals surface area contributed by atoms with Crippen LogP contribution in [0.25, 0.3) is 0 Å². The number of aliphatic hydroxyl groups is 1. The van der Waals surface area contributed by atoms with Gasteiger partial charge in [-0.2, -0.15) is 0 Å². The van der Waals surface area contributed by atoms with Crippen molar-refractivity contribution in [1.82, 2.24) is 4.90 Å². The molecule has 2 aliphatic rings. The van der Waals surface area contributed by atoms with Gasteiger partial charge < -0.3 is 19.5 Å². The Morgan fingerprint density at radius 1 is 1.17 bits per heavy atom. The van der Waals surface area contributed by atoms with Gasteiger partial charge in [-0.1, -0.05) is 17.7 Å². The minimum atomic E-state index is -0.617. The summed E-state index contributed by atoms with van der Waals surface area (Å²) in [5.41, 5.74) is 0.221. The lowest BCUT2D eigenvalue weighted by Crippen LogP contribution is -2.42. The molecule has 4 rings (SSSR count). The normalized spacial score (nSPS) is 26.1. The maximum atomic E-state index is 13.7. The Hall–Kier alpha value is -2.31. The van der Waals surface area contributed by atoms with Crippen LogP contribution in [0.4, 0.5) is 4.39 Å². The molecule has 7 heteroatoms. The number of carbonyl (C=O) groups is 1. The minimum absolute atomic E-state index is 0.188. The average molecular weight is 420 g/mol. The van der Waals surface area contributed by atoms with Crippen molar-refractivity contribution in [2.24, 2.45) is 11.8 Å². The van der Waals surface area contributed by atoms with Gasteiger partial charge in [0.25, 0.3) is 5.91 Å². The highest BCUT2D eigenvalue weighted by molar-refractivity contribution is 6.30. The van der Waals surface area contributed by atoms with E-state index < -0.39 is 11.9 Å². The predicted octanol–water partition coefficient (Wildman–Crippen LogP) is 3.78. The Morgan fingerprint density at radius 2 is 1.93 bits per heavy atom. The first-order valence-electron chi connectivity index (χ1n) is 9.67. The van der Waals surface area contributed by atoms with Crippen LogP contribution in [0.5, 0.6) is 11.5 Å². The molecule has 0 aromatic heterocycles. The fourth-order valence-electron chi connectivity index (χ4n) is 4.42. The number of benzene rings is 2. The van der Waals surface area contributed by atoms with Crippen LogP contribution in [0.2, 0.25) is 5.02 Å². The fourth-order valence-corrected chi connectivity index (χ4v) is 4.60. The number of rotatable bonds is 4. The molecule has 0 radical (unpaired) electrons. The van der Waals surface area contributed by atoms with E-state index in [0.29, 0.717) is 42.5 Å². The van der Waals surface area contributed by atoms with Crippen molar-refractivity contribution in [2.75, 3.05) is 20.2 Å². The molecular formula is C22H23ClFNO4. The number of hydrogen-bond donors (Lipinski definition) is 1.